The van der Waals surface area contributed by atoms with Crippen molar-refractivity contribution in [1.29, 1.82) is 0 Å². The van der Waals surface area contributed by atoms with Crippen molar-refractivity contribution in [3.8, 4) is 5.75 Å². The van der Waals surface area contributed by atoms with E-state index in [1.54, 1.807) is 56.5 Å². The SMILES string of the molecule is CCCC(CCC)C(=O)O.COc1ccc2c(c1)c(CC(=O)O)c(C)n2C(=O)c1ccc(Cl)cc1. The number of hydrogen-bond acceptors (Lipinski definition) is 4. The predicted molar refractivity (Wildman–Crippen MR) is 137 cm³/mol. The Morgan fingerprint density at radius 2 is 1.60 bits per heavy atom. The van der Waals surface area contributed by atoms with Gasteiger partial charge in [0, 0.05) is 21.7 Å². The van der Waals surface area contributed by atoms with Crippen molar-refractivity contribution in [1.82, 2.24) is 4.57 Å². The highest BCUT2D eigenvalue weighted by Crippen LogP contribution is 2.30. The number of aromatic nitrogens is 1. The van der Waals surface area contributed by atoms with Gasteiger partial charge in [0.05, 0.1) is 25.0 Å². The largest absolute Gasteiger partial charge is 0.497 e. The van der Waals surface area contributed by atoms with E-state index in [9.17, 15) is 19.5 Å². The van der Waals surface area contributed by atoms with Gasteiger partial charge >= 0.3 is 11.9 Å². The average Bonchev–Trinajstić information content (AvgIpc) is 3.09. The standard InChI is InChI=1S/C19H16ClNO4.C8H16O2/c1-11-15(10-18(22)23)16-9-14(25-2)7-8-17(16)21(11)19(24)12-3-5-13(20)6-4-12;1-3-5-7(6-4-2)8(9)10/h3-9H,10H2,1-2H3,(H,22,23);7H,3-6H2,1-2H3,(H,9,10). The highest BCUT2D eigenvalue weighted by molar-refractivity contribution is 6.30. The van der Waals surface area contributed by atoms with Crippen LogP contribution in [-0.2, 0) is 16.0 Å². The van der Waals surface area contributed by atoms with Crippen molar-refractivity contribution >= 4 is 40.3 Å². The van der Waals surface area contributed by atoms with Gasteiger partial charge in [-0.3, -0.25) is 19.0 Å². The van der Waals surface area contributed by atoms with E-state index in [-0.39, 0.29) is 18.2 Å². The molecule has 0 atom stereocenters. The molecule has 1 aromatic heterocycles. The molecule has 0 bridgehead atoms. The smallest absolute Gasteiger partial charge is 0.307 e. The van der Waals surface area contributed by atoms with Gasteiger partial charge in [-0.1, -0.05) is 38.3 Å². The van der Waals surface area contributed by atoms with Crippen molar-refractivity contribution in [3.63, 3.8) is 0 Å². The summed E-state index contributed by atoms with van der Waals surface area (Å²) in [5.74, 6) is -1.32. The maximum Gasteiger partial charge on any atom is 0.307 e. The third-order valence-corrected chi connectivity index (χ3v) is 6.04. The summed E-state index contributed by atoms with van der Waals surface area (Å²) in [6.07, 6.45) is 3.41. The van der Waals surface area contributed by atoms with Crippen LogP contribution < -0.4 is 4.74 Å². The van der Waals surface area contributed by atoms with Crippen LogP contribution in [0.2, 0.25) is 5.02 Å². The molecular formula is C27H32ClNO6. The van der Waals surface area contributed by atoms with Gasteiger partial charge < -0.3 is 14.9 Å². The highest BCUT2D eigenvalue weighted by atomic mass is 35.5. The summed E-state index contributed by atoms with van der Waals surface area (Å²) < 4.78 is 6.77. The molecule has 1 heterocycles. The van der Waals surface area contributed by atoms with E-state index in [1.165, 1.54) is 4.57 Å². The fourth-order valence-corrected chi connectivity index (χ4v) is 4.16. The Morgan fingerprint density at radius 1 is 1.00 bits per heavy atom. The molecular weight excluding hydrogens is 470 g/mol. The third-order valence-electron chi connectivity index (χ3n) is 5.79. The Hall–Kier alpha value is -3.32. The molecule has 0 aliphatic heterocycles. The van der Waals surface area contributed by atoms with Crippen LogP contribution >= 0.6 is 11.6 Å². The molecule has 0 saturated carbocycles. The van der Waals surface area contributed by atoms with Crippen LogP contribution in [0.15, 0.2) is 42.5 Å². The summed E-state index contributed by atoms with van der Waals surface area (Å²) in [6, 6.07) is 11.9. The van der Waals surface area contributed by atoms with Gasteiger partial charge in [-0.15, -0.1) is 0 Å². The summed E-state index contributed by atoms with van der Waals surface area (Å²) >= 11 is 5.89. The quantitative estimate of drug-likeness (QED) is 0.361. The van der Waals surface area contributed by atoms with Gasteiger partial charge in [-0.2, -0.15) is 0 Å². The third kappa shape index (κ3) is 7.09. The molecule has 3 rings (SSSR count). The molecule has 3 aromatic rings. The zero-order valence-electron chi connectivity index (χ0n) is 20.5. The molecule has 0 fully saturated rings. The molecule has 8 heteroatoms. The van der Waals surface area contributed by atoms with E-state index < -0.39 is 11.9 Å². The molecule has 0 amide bonds. The fraction of sp³-hybridized carbons (Fsp3) is 0.370. The first-order chi connectivity index (χ1) is 16.6. The summed E-state index contributed by atoms with van der Waals surface area (Å²) in [4.78, 5) is 34.7. The lowest BCUT2D eigenvalue weighted by molar-refractivity contribution is -0.142. The first-order valence-electron chi connectivity index (χ1n) is 11.6. The summed E-state index contributed by atoms with van der Waals surface area (Å²) in [6.45, 7) is 5.79. The van der Waals surface area contributed by atoms with Crippen LogP contribution in [0, 0.1) is 12.8 Å². The van der Waals surface area contributed by atoms with Gasteiger partial charge in [0.25, 0.3) is 5.91 Å². The number of carboxylic acid groups (broad SMARTS) is 2. The van der Waals surface area contributed by atoms with E-state index in [2.05, 4.69) is 0 Å². The molecule has 2 N–H and O–H groups in total. The first-order valence-corrected chi connectivity index (χ1v) is 11.9. The van der Waals surface area contributed by atoms with E-state index in [0.717, 1.165) is 25.7 Å². The van der Waals surface area contributed by atoms with Crippen molar-refractivity contribution < 1.29 is 29.3 Å². The van der Waals surface area contributed by atoms with Crippen LogP contribution in [0.25, 0.3) is 10.9 Å². The summed E-state index contributed by atoms with van der Waals surface area (Å²) in [5.41, 5.74) is 2.32. The number of nitrogens with zero attached hydrogens (tertiary/aromatic N) is 1. The Balaban J connectivity index is 0.000000367. The lowest BCUT2D eigenvalue weighted by atomic mass is 9.99. The minimum Gasteiger partial charge on any atom is -0.497 e. The van der Waals surface area contributed by atoms with E-state index >= 15 is 0 Å². The van der Waals surface area contributed by atoms with Crippen LogP contribution in [0.3, 0.4) is 0 Å². The number of carbonyl (C=O) groups excluding carboxylic acids is 1. The molecule has 0 saturated heterocycles. The number of hydrogen-bond donors (Lipinski definition) is 2. The molecule has 188 valence electrons. The second kappa shape index (κ2) is 13.0. The minimum absolute atomic E-state index is 0.102. The fourth-order valence-electron chi connectivity index (χ4n) is 4.04. The maximum atomic E-state index is 13.0. The van der Waals surface area contributed by atoms with E-state index in [4.69, 9.17) is 21.4 Å². The Bertz CT molecular complexity index is 1180. The Labute approximate surface area is 210 Å². The highest BCUT2D eigenvalue weighted by Gasteiger charge is 2.21. The zero-order chi connectivity index (χ0) is 26.1. The number of rotatable bonds is 9. The lowest BCUT2D eigenvalue weighted by Gasteiger charge is -2.08. The molecule has 35 heavy (non-hydrogen) atoms. The molecule has 2 aromatic carbocycles. The topological polar surface area (TPSA) is 106 Å². The van der Waals surface area contributed by atoms with Crippen LogP contribution in [0.1, 0.15) is 61.1 Å². The number of halogens is 1. The van der Waals surface area contributed by atoms with Crippen LogP contribution in [0.4, 0.5) is 0 Å². The molecule has 0 spiro atoms. The van der Waals surface area contributed by atoms with Crippen molar-refractivity contribution in [2.24, 2.45) is 5.92 Å². The zero-order valence-corrected chi connectivity index (χ0v) is 21.3. The Kier molecular flexibility index (Phi) is 10.3. The summed E-state index contributed by atoms with van der Waals surface area (Å²) in [5, 5.41) is 19.1. The second-order valence-corrected chi connectivity index (χ2v) is 8.71. The van der Waals surface area contributed by atoms with Crippen molar-refractivity contribution in [3.05, 3.63) is 64.3 Å². The number of fused-ring (bicyclic) bond motifs is 1. The first kappa shape index (κ1) is 27.9. The average molecular weight is 502 g/mol. The Morgan fingerprint density at radius 3 is 2.09 bits per heavy atom. The molecule has 0 radical (unpaired) electrons. The summed E-state index contributed by atoms with van der Waals surface area (Å²) in [7, 11) is 1.54. The van der Waals surface area contributed by atoms with Crippen LogP contribution in [-0.4, -0.2) is 39.7 Å². The minimum atomic E-state index is -0.955. The number of ether oxygens (including phenoxy) is 1. The molecule has 0 aliphatic rings. The monoisotopic (exact) mass is 501 g/mol. The van der Waals surface area contributed by atoms with E-state index in [0.29, 0.717) is 38.5 Å². The number of carbonyl (C=O) groups is 3. The number of benzene rings is 2. The van der Waals surface area contributed by atoms with Gasteiger partial charge in [-0.25, -0.2) is 0 Å². The maximum absolute atomic E-state index is 13.0. The van der Waals surface area contributed by atoms with Gasteiger partial charge in [-0.05, 0) is 67.8 Å². The van der Waals surface area contributed by atoms with Gasteiger partial charge in [0.2, 0.25) is 0 Å². The van der Waals surface area contributed by atoms with E-state index in [1.807, 2.05) is 13.8 Å². The van der Waals surface area contributed by atoms with Crippen molar-refractivity contribution in [2.45, 2.75) is 52.9 Å². The number of aliphatic carboxylic acids is 2. The number of methoxy groups -OCH3 is 1. The van der Waals surface area contributed by atoms with Crippen LogP contribution in [0.5, 0.6) is 5.75 Å². The normalized spacial score (nSPS) is 10.7. The van der Waals surface area contributed by atoms with Gasteiger partial charge in [0.1, 0.15) is 5.75 Å². The number of carboxylic acids is 2. The molecule has 0 unspecified atom stereocenters. The van der Waals surface area contributed by atoms with Crippen molar-refractivity contribution in [2.75, 3.05) is 7.11 Å². The predicted octanol–water partition coefficient (Wildman–Crippen LogP) is 6.21. The van der Waals surface area contributed by atoms with Gasteiger partial charge in [0.15, 0.2) is 0 Å². The molecule has 7 nitrogen and oxygen atoms in total. The lowest BCUT2D eigenvalue weighted by Crippen LogP contribution is -2.14. The second-order valence-electron chi connectivity index (χ2n) is 8.28. The molecule has 0 aliphatic carbocycles.